The normalized spacial score (nSPS) is 12.2. The lowest BCUT2D eigenvalue weighted by Gasteiger charge is -2.17. The number of hydrogen-bond donors (Lipinski definition) is 2. The molecule has 0 fully saturated rings. The van der Waals surface area contributed by atoms with Crippen LogP contribution < -0.4 is 9.47 Å². The number of ether oxygens (including phenoxy) is 4. The van der Waals surface area contributed by atoms with Gasteiger partial charge < -0.3 is 29.2 Å². The smallest absolute Gasteiger partial charge is 0.166 e. The first-order chi connectivity index (χ1) is 10.2. The van der Waals surface area contributed by atoms with Gasteiger partial charge >= 0.3 is 0 Å². The van der Waals surface area contributed by atoms with Crippen LogP contribution in [0.3, 0.4) is 0 Å². The maximum atomic E-state index is 9.80. The van der Waals surface area contributed by atoms with Gasteiger partial charge in [-0.3, -0.25) is 0 Å². The van der Waals surface area contributed by atoms with Crippen LogP contribution in [0.15, 0.2) is 18.2 Å². The summed E-state index contributed by atoms with van der Waals surface area (Å²) in [6.45, 7) is 3.33. The molecule has 1 aromatic rings. The molecule has 120 valence electrons. The van der Waals surface area contributed by atoms with Crippen LogP contribution in [0.5, 0.6) is 11.5 Å². The molecule has 2 N–H and O–H groups in total. The standard InChI is InChI=1S/C15H24O6/c1-3-20-14-6-4-5-12(9-16)15(14)21-11-13(17)10-19-8-7-18-2/h4-6,13,16-17H,3,7-11H2,1-2H3. The molecule has 0 aliphatic heterocycles. The molecular formula is C15H24O6. The topological polar surface area (TPSA) is 77.4 Å². The molecule has 6 nitrogen and oxygen atoms in total. The van der Waals surface area contributed by atoms with Crippen LogP contribution in [-0.4, -0.2) is 56.5 Å². The second kappa shape index (κ2) is 10.4. The number of aliphatic hydroxyl groups excluding tert-OH is 2. The predicted molar refractivity (Wildman–Crippen MR) is 77.7 cm³/mol. The minimum absolute atomic E-state index is 0.0596. The van der Waals surface area contributed by atoms with Gasteiger partial charge in [-0.1, -0.05) is 12.1 Å². The van der Waals surface area contributed by atoms with E-state index >= 15 is 0 Å². The largest absolute Gasteiger partial charge is 0.490 e. The van der Waals surface area contributed by atoms with Gasteiger partial charge in [-0.25, -0.2) is 0 Å². The second-order valence-electron chi connectivity index (χ2n) is 4.37. The lowest BCUT2D eigenvalue weighted by molar-refractivity contribution is -0.00483. The molecule has 0 spiro atoms. The highest BCUT2D eigenvalue weighted by Crippen LogP contribution is 2.31. The summed E-state index contributed by atoms with van der Waals surface area (Å²) in [5, 5.41) is 19.1. The van der Waals surface area contributed by atoms with Crippen molar-refractivity contribution in [3.05, 3.63) is 23.8 Å². The van der Waals surface area contributed by atoms with Gasteiger partial charge in [0.05, 0.1) is 33.0 Å². The van der Waals surface area contributed by atoms with E-state index in [4.69, 9.17) is 18.9 Å². The van der Waals surface area contributed by atoms with Gasteiger partial charge in [-0.2, -0.15) is 0 Å². The molecule has 0 aromatic heterocycles. The zero-order valence-electron chi connectivity index (χ0n) is 12.6. The Morgan fingerprint density at radius 3 is 2.62 bits per heavy atom. The third kappa shape index (κ3) is 6.31. The van der Waals surface area contributed by atoms with E-state index in [2.05, 4.69) is 0 Å². The average molecular weight is 300 g/mol. The Hall–Kier alpha value is -1.34. The molecule has 0 bridgehead atoms. The molecular weight excluding hydrogens is 276 g/mol. The summed E-state index contributed by atoms with van der Waals surface area (Å²) in [6, 6.07) is 5.30. The number of benzene rings is 1. The van der Waals surface area contributed by atoms with E-state index in [0.717, 1.165) is 0 Å². The minimum atomic E-state index is -0.761. The van der Waals surface area contributed by atoms with E-state index < -0.39 is 6.10 Å². The Bertz CT molecular complexity index is 396. The Labute approximate surface area is 125 Å². The van der Waals surface area contributed by atoms with E-state index in [-0.39, 0.29) is 19.8 Å². The number of aliphatic hydroxyl groups is 2. The van der Waals surface area contributed by atoms with E-state index in [1.807, 2.05) is 6.92 Å². The zero-order chi connectivity index (χ0) is 15.5. The molecule has 0 aliphatic carbocycles. The molecule has 1 atom stereocenters. The second-order valence-corrected chi connectivity index (χ2v) is 4.37. The molecule has 0 amide bonds. The van der Waals surface area contributed by atoms with Crippen LogP contribution >= 0.6 is 0 Å². The van der Waals surface area contributed by atoms with Gasteiger partial charge in [0.15, 0.2) is 11.5 Å². The Morgan fingerprint density at radius 2 is 1.95 bits per heavy atom. The summed E-state index contributed by atoms with van der Waals surface area (Å²) in [4.78, 5) is 0. The zero-order valence-corrected chi connectivity index (χ0v) is 12.6. The third-order valence-electron chi connectivity index (χ3n) is 2.69. The number of para-hydroxylation sites is 1. The van der Waals surface area contributed by atoms with Crippen molar-refractivity contribution in [2.45, 2.75) is 19.6 Å². The van der Waals surface area contributed by atoms with Gasteiger partial charge in [0.2, 0.25) is 0 Å². The van der Waals surface area contributed by atoms with Crippen LogP contribution in [0.4, 0.5) is 0 Å². The van der Waals surface area contributed by atoms with Crippen molar-refractivity contribution in [2.24, 2.45) is 0 Å². The maximum absolute atomic E-state index is 9.80. The van der Waals surface area contributed by atoms with Gasteiger partial charge in [0.1, 0.15) is 12.7 Å². The van der Waals surface area contributed by atoms with E-state index in [9.17, 15) is 10.2 Å². The van der Waals surface area contributed by atoms with E-state index in [1.165, 1.54) is 0 Å². The Balaban J connectivity index is 2.52. The number of methoxy groups -OCH3 is 1. The first-order valence-corrected chi connectivity index (χ1v) is 6.96. The fraction of sp³-hybridized carbons (Fsp3) is 0.600. The van der Waals surface area contributed by atoms with Crippen LogP contribution in [0.1, 0.15) is 12.5 Å². The Kier molecular flexibility index (Phi) is 8.77. The van der Waals surface area contributed by atoms with Gasteiger partial charge in [-0.05, 0) is 13.0 Å². The van der Waals surface area contributed by atoms with E-state index in [0.29, 0.717) is 36.9 Å². The summed E-state index contributed by atoms with van der Waals surface area (Å²) < 4.78 is 21.1. The van der Waals surface area contributed by atoms with Gasteiger partial charge in [0.25, 0.3) is 0 Å². The maximum Gasteiger partial charge on any atom is 0.166 e. The molecule has 0 heterocycles. The summed E-state index contributed by atoms with van der Waals surface area (Å²) in [5.41, 5.74) is 0.619. The summed E-state index contributed by atoms with van der Waals surface area (Å²) in [7, 11) is 1.59. The van der Waals surface area contributed by atoms with Crippen molar-refractivity contribution in [2.75, 3.05) is 40.1 Å². The number of rotatable bonds is 11. The quantitative estimate of drug-likeness (QED) is 0.593. The lowest BCUT2D eigenvalue weighted by atomic mass is 10.2. The Morgan fingerprint density at radius 1 is 1.14 bits per heavy atom. The van der Waals surface area contributed by atoms with Gasteiger partial charge in [0, 0.05) is 12.7 Å². The monoisotopic (exact) mass is 300 g/mol. The highest BCUT2D eigenvalue weighted by Gasteiger charge is 2.13. The van der Waals surface area contributed by atoms with Crippen LogP contribution in [0, 0.1) is 0 Å². The SMILES string of the molecule is CCOc1cccc(CO)c1OCC(O)COCCOC. The van der Waals surface area contributed by atoms with Crippen LogP contribution in [0.2, 0.25) is 0 Å². The predicted octanol–water partition coefficient (Wildman–Crippen LogP) is 0.980. The van der Waals surface area contributed by atoms with Crippen molar-refractivity contribution >= 4 is 0 Å². The summed E-state index contributed by atoms with van der Waals surface area (Å²) in [6.07, 6.45) is -0.761. The fourth-order valence-electron chi connectivity index (χ4n) is 1.71. The number of hydrogen-bond acceptors (Lipinski definition) is 6. The van der Waals surface area contributed by atoms with Crippen molar-refractivity contribution in [1.82, 2.24) is 0 Å². The molecule has 0 saturated carbocycles. The van der Waals surface area contributed by atoms with Crippen molar-refractivity contribution < 1.29 is 29.2 Å². The van der Waals surface area contributed by atoms with E-state index in [1.54, 1.807) is 25.3 Å². The first kappa shape index (κ1) is 17.7. The lowest BCUT2D eigenvalue weighted by Crippen LogP contribution is -2.24. The first-order valence-electron chi connectivity index (χ1n) is 6.96. The molecule has 0 aliphatic rings. The summed E-state index contributed by atoms with van der Waals surface area (Å²) in [5.74, 6) is 1.01. The molecule has 1 unspecified atom stereocenters. The van der Waals surface area contributed by atoms with Crippen LogP contribution in [0.25, 0.3) is 0 Å². The van der Waals surface area contributed by atoms with Crippen molar-refractivity contribution in [3.63, 3.8) is 0 Å². The highest BCUT2D eigenvalue weighted by molar-refractivity contribution is 5.46. The van der Waals surface area contributed by atoms with Crippen LogP contribution in [-0.2, 0) is 16.1 Å². The molecule has 21 heavy (non-hydrogen) atoms. The summed E-state index contributed by atoms with van der Waals surface area (Å²) >= 11 is 0. The molecule has 6 heteroatoms. The minimum Gasteiger partial charge on any atom is -0.490 e. The van der Waals surface area contributed by atoms with Crippen molar-refractivity contribution in [1.29, 1.82) is 0 Å². The molecule has 0 radical (unpaired) electrons. The molecule has 0 saturated heterocycles. The van der Waals surface area contributed by atoms with Crippen molar-refractivity contribution in [3.8, 4) is 11.5 Å². The van der Waals surface area contributed by atoms with Gasteiger partial charge in [-0.15, -0.1) is 0 Å². The molecule has 1 rings (SSSR count). The molecule has 1 aromatic carbocycles. The third-order valence-corrected chi connectivity index (χ3v) is 2.69. The fourth-order valence-corrected chi connectivity index (χ4v) is 1.71. The highest BCUT2D eigenvalue weighted by atomic mass is 16.5. The average Bonchev–Trinajstić information content (AvgIpc) is 2.50.